The molecule has 0 heterocycles. The standard InChI is InChI=1S/2C4H9.H4O4Si.Sn/c2*1-3-4-2;1-5(2,3)4;/h2*1,3-4H2,2H3;1-4H;. The van der Waals surface area contributed by atoms with E-state index in [1.807, 2.05) is 0 Å². The Kier molecular flexibility index (Phi) is 14.7. The molecule has 0 atom stereocenters. The summed E-state index contributed by atoms with van der Waals surface area (Å²) in [6.45, 7) is 4.58. The van der Waals surface area contributed by atoms with E-state index in [0.29, 0.717) is 0 Å². The van der Waals surface area contributed by atoms with Crippen LogP contribution in [0.3, 0.4) is 0 Å². The predicted molar refractivity (Wildman–Crippen MR) is 59.8 cm³/mol. The van der Waals surface area contributed by atoms with Gasteiger partial charge in [-0.15, -0.1) is 0 Å². The van der Waals surface area contributed by atoms with Crippen molar-refractivity contribution >= 4 is 30.2 Å². The molecule has 2 radical (unpaired) electrons. The number of unbranched alkanes of at least 4 members (excludes halogenated alkanes) is 2. The minimum absolute atomic E-state index is 0.149. The molecule has 0 aliphatic rings. The van der Waals surface area contributed by atoms with Crippen LogP contribution in [0.5, 0.6) is 0 Å². The molecular weight excluding hydrogens is 307 g/mol. The molecule has 0 aliphatic carbocycles. The minimum atomic E-state index is -4.61. The zero-order valence-electron chi connectivity index (χ0n) is 9.03. The third-order valence-corrected chi connectivity index (χ3v) is 5.45. The van der Waals surface area contributed by atoms with E-state index in [4.69, 9.17) is 19.2 Å². The normalized spacial score (nSPS) is 10.7. The summed E-state index contributed by atoms with van der Waals surface area (Å²) in [6.07, 6.45) is 5.84. The molecule has 0 fully saturated rings. The van der Waals surface area contributed by atoms with Crippen LogP contribution in [0.4, 0.5) is 0 Å². The fourth-order valence-corrected chi connectivity index (χ4v) is 4.89. The average molecular weight is 329 g/mol. The van der Waals surface area contributed by atoms with E-state index in [1.165, 1.54) is 25.7 Å². The fourth-order valence-electron chi connectivity index (χ4n) is 0.729. The molecule has 0 spiro atoms. The molecule has 0 rings (SSSR count). The maximum absolute atomic E-state index is 7.33. The fraction of sp³-hybridized carbons (Fsp3) is 1.00. The Hall–Kier alpha value is 0.856. The molecule has 0 saturated heterocycles. The van der Waals surface area contributed by atoms with Gasteiger partial charge < -0.3 is 19.2 Å². The first-order valence-corrected chi connectivity index (χ1v) is 10.8. The van der Waals surface area contributed by atoms with Gasteiger partial charge in [-0.05, 0) is 0 Å². The second kappa shape index (κ2) is 11.9. The maximum atomic E-state index is 7.33. The minimum Gasteiger partial charge on any atom is -0.368 e. The van der Waals surface area contributed by atoms with Gasteiger partial charge in [0, 0.05) is 0 Å². The van der Waals surface area contributed by atoms with Crippen molar-refractivity contribution in [1.29, 1.82) is 0 Å². The largest absolute Gasteiger partial charge is 0.668 e. The maximum Gasteiger partial charge on any atom is 0.668 e. The summed E-state index contributed by atoms with van der Waals surface area (Å²) in [5, 5.41) is 0. The summed E-state index contributed by atoms with van der Waals surface area (Å²) in [7, 11) is -4.61. The summed E-state index contributed by atoms with van der Waals surface area (Å²) in [5.41, 5.74) is 0. The third-order valence-electron chi connectivity index (χ3n) is 1.41. The molecule has 0 amide bonds. The van der Waals surface area contributed by atoms with Crippen molar-refractivity contribution in [3.05, 3.63) is 0 Å². The van der Waals surface area contributed by atoms with E-state index >= 15 is 0 Å². The van der Waals surface area contributed by atoms with Crippen LogP contribution in [0.15, 0.2) is 0 Å². The second-order valence-electron chi connectivity index (χ2n) is 3.06. The van der Waals surface area contributed by atoms with Gasteiger partial charge in [0.2, 0.25) is 0 Å². The van der Waals surface area contributed by atoms with Crippen molar-refractivity contribution in [3.8, 4) is 0 Å². The zero-order valence-corrected chi connectivity index (χ0v) is 12.9. The Morgan fingerprint density at radius 3 is 1.36 bits per heavy atom. The topological polar surface area (TPSA) is 80.9 Å². The molecule has 0 bridgehead atoms. The molecule has 0 unspecified atom stereocenters. The summed E-state index contributed by atoms with van der Waals surface area (Å²) in [6, 6.07) is 0. The van der Waals surface area contributed by atoms with Crippen LogP contribution in [-0.2, 0) is 0 Å². The molecule has 0 aromatic rings. The molecule has 0 aliphatic heterocycles. The van der Waals surface area contributed by atoms with Gasteiger partial charge >= 0.3 is 78.6 Å². The van der Waals surface area contributed by atoms with Crippen LogP contribution in [0, 0.1) is 0 Å². The van der Waals surface area contributed by atoms with Gasteiger partial charge in [0.1, 0.15) is 0 Å². The van der Waals surface area contributed by atoms with Crippen molar-refractivity contribution in [2.75, 3.05) is 0 Å². The van der Waals surface area contributed by atoms with Crippen molar-refractivity contribution in [2.45, 2.75) is 48.4 Å². The van der Waals surface area contributed by atoms with Crippen LogP contribution in [0.25, 0.3) is 0 Å². The van der Waals surface area contributed by atoms with Crippen LogP contribution < -0.4 is 0 Å². The molecule has 4 nitrogen and oxygen atoms in total. The van der Waals surface area contributed by atoms with E-state index < -0.39 is 9.05 Å². The Bertz CT molecular complexity index is 96.0. The van der Waals surface area contributed by atoms with Crippen molar-refractivity contribution in [2.24, 2.45) is 0 Å². The summed E-state index contributed by atoms with van der Waals surface area (Å²) >= 11 is 0.149. The van der Waals surface area contributed by atoms with Crippen molar-refractivity contribution < 1.29 is 19.2 Å². The predicted octanol–water partition coefficient (Wildman–Crippen LogP) is 0.519. The molecule has 0 saturated carbocycles. The van der Waals surface area contributed by atoms with Gasteiger partial charge in [-0.3, -0.25) is 0 Å². The Morgan fingerprint density at radius 1 is 0.857 bits per heavy atom. The molecule has 0 aromatic heterocycles. The van der Waals surface area contributed by atoms with Crippen LogP contribution >= 0.6 is 0 Å². The summed E-state index contributed by atoms with van der Waals surface area (Å²) in [5.74, 6) is 0. The third kappa shape index (κ3) is 38.4. The number of rotatable bonds is 6. The first-order valence-electron chi connectivity index (χ1n) is 5.02. The van der Waals surface area contributed by atoms with Crippen LogP contribution in [0.1, 0.15) is 39.5 Å². The smallest absolute Gasteiger partial charge is 0.368 e. The van der Waals surface area contributed by atoms with Gasteiger partial charge in [0.25, 0.3) is 0 Å². The van der Waals surface area contributed by atoms with E-state index in [0.717, 1.165) is 0 Å². The number of hydrogen-bond acceptors (Lipinski definition) is 4. The quantitative estimate of drug-likeness (QED) is 0.423. The monoisotopic (exact) mass is 330 g/mol. The van der Waals surface area contributed by atoms with Gasteiger partial charge in [0.15, 0.2) is 0 Å². The second-order valence-corrected chi connectivity index (χ2v) is 8.54. The Balaban J connectivity index is 0. The number of hydrogen-bond donors (Lipinski definition) is 4. The Labute approximate surface area is 97.7 Å². The van der Waals surface area contributed by atoms with E-state index in [-0.39, 0.29) is 21.1 Å². The van der Waals surface area contributed by atoms with E-state index in [1.54, 1.807) is 8.87 Å². The van der Waals surface area contributed by atoms with Gasteiger partial charge in [0.05, 0.1) is 0 Å². The van der Waals surface area contributed by atoms with E-state index in [9.17, 15) is 0 Å². The first kappa shape index (κ1) is 17.3. The van der Waals surface area contributed by atoms with Crippen LogP contribution in [0.2, 0.25) is 8.87 Å². The first-order chi connectivity index (χ1) is 6.41. The molecule has 4 N–H and O–H groups in total. The molecular formula is C8H22O4SiSn. The van der Waals surface area contributed by atoms with Crippen LogP contribution in [-0.4, -0.2) is 49.4 Å². The van der Waals surface area contributed by atoms with Gasteiger partial charge in [-0.25, -0.2) is 0 Å². The van der Waals surface area contributed by atoms with Crippen molar-refractivity contribution in [3.63, 3.8) is 0 Å². The van der Waals surface area contributed by atoms with Crippen molar-refractivity contribution in [1.82, 2.24) is 0 Å². The van der Waals surface area contributed by atoms with Gasteiger partial charge in [-0.1, -0.05) is 0 Å². The van der Waals surface area contributed by atoms with Gasteiger partial charge in [-0.2, -0.15) is 0 Å². The Morgan fingerprint density at radius 2 is 1.14 bits per heavy atom. The summed E-state index contributed by atoms with van der Waals surface area (Å²) < 4.78 is 3.25. The van der Waals surface area contributed by atoms with E-state index in [2.05, 4.69) is 13.8 Å². The molecule has 86 valence electrons. The summed E-state index contributed by atoms with van der Waals surface area (Å²) in [4.78, 5) is 29.3. The molecule has 0 aromatic carbocycles. The average Bonchev–Trinajstić information content (AvgIpc) is 2.01. The SMILES string of the molecule is CCC[CH2][Sn][CH2]CCC.O[Si](O)(O)O. The molecule has 14 heavy (non-hydrogen) atoms. The molecule has 6 heteroatoms. The zero-order chi connectivity index (χ0) is 11.4.